The third-order valence-electron chi connectivity index (χ3n) is 2.24. The highest BCUT2D eigenvalue weighted by molar-refractivity contribution is 5.90. The van der Waals surface area contributed by atoms with Gasteiger partial charge in [-0.15, -0.1) is 0 Å². The van der Waals surface area contributed by atoms with Crippen LogP contribution in [-0.4, -0.2) is 9.55 Å². The molecule has 2 N–H and O–H groups in total. The lowest BCUT2D eigenvalue weighted by Crippen LogP contribution is -1.91. The molecule has 0 amide bonds. The summed E-state index contributed by atoms with van der Waals surface area (Å²) in [6.45, 7) is 6.06. The Hall–Kier alpha value is -1.51. The Labute approximate surface area is 84.6 Å². The van der Waals surface area contributed by atoms with Crippen molar-refractivity contribution in [3.8, 4) is 0 Å². The maximum absolute atomic E-state index is 5.76. The molecule has 0 aliphatic carbocycles. The van der Waals surface area contributed by atoms with Crippen molar-refractivity contribution < 1.29 is 0 Å². The fraction of sp³-hybridized carbons (Fsp3) is 0.364. The molecule has 2 aromatic heterocycles. The number of hydrogen-bond acceptors (Lipinski definition) is 2. The number of anilines is 1. The molecule has 0 fully saturated rings. The van der Waals surface area contributed by atoms with Gasteiger partial charge in [0.25, 0.3) is 0 Å². The van der Waals surface area contributed by atoms with Crippen molar-refractivity contribution in [1.82, 2.24) is 9.55 Å². The maximum Gasteiger partial charge on any atom is 0.0687 e. The Morgan fingerprint density at radius 2 is 1.93 bits per heavy atom. The fourth-order valence-electron chi connectivity index (χ4n) is 1.40. The number of nitrogen functional groups attached to an aromatic ring is 1. The lowest BCUT2D eigenvalue weighted by atomic mass is 10.3. The normalized spacial score (nSPS) is 9.71. The summed E-state index contributed by atoms with van der Waals surface area (Å²) in [5.41, 5.74) is 8.80. The Morgan fingerprint density at radius 3 is 2.50 bits per heavy atom. The second-order valence-corrected chi connectivity index (χ2v) is 3.01. The molecule has 0 bridgehead atoms. The fourth-order valence-corrected chi connectivity index (χ4v) is 1.40. The number of hydrogen-bond donors (Lipinski definition) is 1. The topological polar surface area (TPSA) is 43.8 Å². The lowest BCUT2D eigenvalue weighted by molar-refractivity contribution is 0.915. The summed E-state index contributed by atoms with van der Waals surface area (Å²) in [6, 6.07) is 2.08. The predicted molar refractivity (Wildman–Crippen MR) is 61.2 cm³/mol. The van der Waals surface area contributed by atoms with Gasteiger partial charge in [-0.05, 0) is 13.0 Å². The number of nitrogens with two attached hydrogens (primary N) is 1. The van der Waals surface area contributed by atoms with E-state index in [2.05, 4.69) is 22.5 Å². The minimum atomic E-state index is 0.746. The zero-order chi connectivity index (χ0) is 10.7. The van der Waals surface area contributed by atoms with Gasteiger partial charge in [-0.3, -0.25) is 4.98 Å². The van der Waals surface area contributed by atoms with E-state index in [-0.39, 0.29) is 0 Å². The van der Waals surface area contributed by atoms with Crippen LogP contribution < -0.4 is 5.73 Å². The number of aromatic nitrogens is 2. The van der Waals surface area contributed by atoms with Gasteiger partial charge in [-0.2, -0.15) is 0 Å². The molecule has 2 aromatic rings. The molecule has 0 aromatic carbocycles. The van der Waals surface area contributed by atoms with Crippen molar-refractivity contribution in [2.45, 2.75) is 20.8 Å². The molecule has 2 rings (SSSR count). The van der Waals surface area contributed by atoms with Gasteiger partial charge >= 0.3 is 0 Å². The SMILES string of the molecule is CC.Cc1cc2c(N)cncc2n1C. The summed E-state index contributed by atoms with van der Waals surface area (Å²) < 4.78 is 2.08. The Morgan fingerprint density at radius 1 is 1.29 bits per heavy atom. The first-order chi connectivity index (χ1) is 6.70. The average molecular weight is 191 g/mol. The van der Waals surface area contributed by atoms with Gasteiger partial charge in [-0.25, -0.2) is 0 Å². The van der Waals surface area contributed by atoms with E-state index >= 15 is 0 Å². The minimum absolute atomic E-state index is 0.746. The van der Waals surface area contributed by atoms with Crippen LogP contribution >= 0.6 is 0 Å². The van der Waals surface area contributed by atoms with E-state index in [0.29, 0.717) is 0 Å². The molecule has 14 heavy (non-hydrogen) atoms. The summed E-state index contributed by atoms with van der Waals surface area (Å²) in [5.74, 6) is 0. The third-order valence-corrected chi connectivity index (χ3v) is 2.24. The summed E-state index contributed by atoms with van der Waals surface area (Å²) >= 11 is 0. The van der Waals surface area contributed by atoms with Crippen LogP contribution in [0.3, 0.4) is 0 Å². The molecule has 3 heteroatoms. The molecule has 0 radical (unpaired) electrons. The summed E-state index contributed by atoms with van der Waals surface area (Å²) in [6.07, 6.45) is 3.51. The molecule has 3 nitrogen and oxygen atoms in total. The van der Waals surface area contributed by atoms with Gasteiger partial charge in [0.1, 0.15) is 0 Å². The molecule has 0 spiro atoms. The Kier molecular flexibility index (Phi) is 3.12. The summed E-state index contributed by atoms with van der Waals surface area (Å²) in [7, 11) is 2.01. The number of fused-ring (bicyclic) bond motifs is 1. The third kappa shape index (κ3) is 1.58. The van der Waals surface area contributed by atoms with Crippen LogP contribution in [0.4, 0.5) is 5.69 Å². The monoisotopic (exact) mass is 191 g/mol. The number of nitrogens with zero attached hydrogens (tertiary/aromatic N) is 2. The van der Waals surface area contributed by atoms with Crippen molar-refractivity contribution in [2.24, 2.45) is 7.05 Å². The smallest absolute Gasteiger partial charge is 0.0687 e. The molecule has 76 valence electrons. The van der Waals surface area contributed by atoms with Crippen LogP contribution in [0.5, 0.6) is 0 Å². The van der Waals surface area contributed by atoms with Crippen LogP contribution in [0.1, 0.15) is 19.5 Å². The van der Waals surface area contributed by atoms with Gasteiger partial charge in [0.15, 0.2) is 0 Å². The van der Waals surface area contributed by atoms with Gasteiger partial charge in [0.2, 0.25) is 0 Å². The van der Waals surface area contributed by atoms with Gasteiger partial charge < -0.3 is 10.3 Å². The molecule has 0 aliphatic rings. The number of pyridine rings is 1. The van der Waals surface area contributed by atoms with E-state index < -0.39 is 0 Å². The van der Waals surface area contributed by atoms with Crippen LogP contribution in [0.15, 0.2) is 18.5 Å². The second kappa shape index (κ2) is 4.13. The zero-order valence-electron chi connectivity index (χ0n) is 9.20. The Balaban J connectivity index is 0.000000461. The summed E-state index contributed by atoms with van der Waals surface area (Å²) in [5, 5.41) is 1.09. The molecular formula is C11H17N3. The zero-order valence-corrected chi connectivity index (χ0v) is 9.20. The lowest BCUT2D eigenvalue weighted by Gasteiger charge is -1.98. The van der Waals surface area contributed by atoms with E-state index in [1.807, 2.05) is 27.1 Å². The number of rotatable bonds is 0. The molecule has 0 saturated heterocycles. The van der Waals surface area contributed by atoms with Crippen molar-refractivity contribution in [1.29, 1.82) is 0 Å². The molecule has 0 aliphatic heterocycles. The highest BCUT2D eigenvalue weighted by atomic mass is 15.0. The predicted octanol–water partition coefficient (Wildman–Crippen LogP) is 2.49. The summed E-state index contributed by atoms with van der Waals surface area (Å²) in [4.78, 5) is 4.04. The van der Waals surface area contributed by atoms with E-state index in [1.54, 1.807) is 6.20 Å². The van der Waals surface area contributed by atoms with Crippen LogP contribution in [-0.2, 0) is 7.05 Å². The maximum atomic E-state index is 5.76. The van der Waals surface area contributed by atoms with E-state index in [9.17, 15) is 0 Å². The molecular weight excluding hydrogens is 174 g/mol. The molecule has 2 heterocycles. The second-order valence-electron chi connectivity index (χ2n) is 3.01. The van der Waals surface area contributed by atoms with Crippen LogP contribution in [0.25, 0.3) is 10.9 Å². The number of aryl methyl sites for hydroxylation is 2. The molecule has 0 unspecified atom stereocenters. The molecule has 0 atom stereocenters. The minimum Gasteiger partial charge on any atom is -0.397 e. The van der Waals surface area contributed by atoms with Crippen LogP contribution in [0, 0.1) is 6.92 Å². The Bertz CT molecular complexity index is 429. The van der Waals surface area contributed by atoms with E-state index in [1.165, 1.54) is 5.69 Å². The first-order valence-corrected chi connectivity index (χ1v) is 4.85. The highest BCUT2D eigenvalue weighted by Crippen LogP contribution is 2.21. The van der Waals surface area contributed by atoms with E-state index in [0.717, 1.165) is 16.6 Å². The quantitative estimate of drug-likeness (QED) is 0.695. The van der Waals surface area contributed by atoms with Gasteiger partial charge in [0, 0.05) is 18.1 Å². The largest absolute Gasteiger partial charge is 0.397 e. The molecule has 0 saturated carbocycles. The van der Waals surface area contributed by atoms with Gasteiger partial charge in [0.05, 0.1) is 23.6 Å². The first kappa shape index (κ1) is 10.6. The highest BCUT2D eigenvalue weighted by Gasteiger charge is 2.03. The first-order valence-electron chi connectivity index (χ1n) is 4.85. The van der Waals surface area contributed by atoms with Crippen LogP contribution in [0.2, 0.25) is 0 Å². The van der Waals surface area contributed by atoms with Gasteiger partial charge in [-0.1, -0.05) is 13.8 Å². The van der Waals surface area contributed by atoms with Crippen molar-refractivity contribution >= 4 is 16.6 Å². The van der Waals surface area contributed by atoms with Crippen molar-refractivity contribution in [3.05, 3.63) is 24.2 Å². The van der Waals surface area contributed by atoms with E-state index in [4.69, 9.17) is 5.73 Å². The van der Waals surface area contributed by atoms with Crippen molar-refractivity contribution in [3.63, 3.8) is 0 Å². The van der Waals surface area contributed by atoms with Crippen molar-refractivity contribution in [2.75, 3.05) is 5.73 Å². The average Bonchev–Trinajstić information content (AvgIpc) is 2.50. The standard InChI is InChI=1S/C9H11N3.C2H6/c1-6-3-7-8(10)4-11-5-9(7)12(6)2;1-2/h3-5H,10H2,1-2H3;1-2H3.